The molecule has 0 aromatic heterocycles. The Morgan fingerprint density at radius 1 is 1.38 bits per heavy atom. The van der Waals surface area contributed by atoms with Crippen molar-refractivity contribution >= 4 is 6.29 Å². The van der Waals surface area contributed by atoms with Crippen LogP contribution in [0.25, 0.3) is 0 Å². The van der Waals surface area contributed by atoms with Crippen LogP contribution in [-0.4, -0.2) is 6.29 Å². The van der Waals surface area contributed by atoms with Gasteiger partial charge in [0.25, 0.3) is 0 Å². The summed E-state index contributed by atoms with van der Waals surface area (Å²) < 4.78 is 0. The van der Waals surface area contributed by atoms with Gasteiger partial charge in [-0.3, -0.25) is 0 Å². The first kappa shape index (κ1) is 10.5. The zero-order valence-corrected chi connectivity index (χ0v) is 8.81. The van der Waals surface area contributed by atoms with Crippen molar-refractivity contribution in [3.63, 3.8) is 0 Å². The lowest BCUT2D eigenvalue weighted by molar-refractivity contribution is -0.108. The zero-order chi connectivity index (χ0) is 9.73. The van der Waals surface area contributed by atoms with E-state index >= 15 is 0 Å². The third kappa shape index (κ3) is 3.75. The molecule has 0 saturated heterocycles. The van der Waals surface area contributed by atoms with Crippen molar-refractivity contribution in [1.29, 1.82) is 0 Å². The van der Waals surface area contributed by atoms with Crippen LogP contribution in [0.3, 0.4) is 0 Å². The summed E-state index contributed by atoms with van der Waals surface area (Å²) in [6.45, 7) is 4.31. The maximum atomic E-state index is 10.2. The molecule has 1 fully saturated rings. The monoisotopic (exact) mass is 180 g/mol. The maximum absolute atomic E-state index is 10.2. The van der Waals surface area contributed by atoms with Crippen LogP contribution >= 0.6 is 0 Å². The number of hydrogen-bond donors (Lipinski definition) is 0. The zero-order valence-electron chi connectivity index (χ0n) is 8.81. The molecule has 0 heterocycles. The van der Waals surface area contributed by atoms with E-state index in [4.69, 9.17) is 0 Å². The highest BCUT2D eigenvalue weighted by Gasteiger charge is 2.40. The third-order valence-corrected chi connectivity index (χ3v) is 2.93. The fourth-order valence-corrected chi connectivity index (χ4v) is 1.71. The largest absolute Gasteiger partial charge is 0.303 e. The van der Waals surface area contributed by atoms with Crippen LogP contribution in [0, 0.1) is 5.41 Å². The summed E-state index contributed by atoms with van der Waals surface area (Å²) in [7, 11) is 0. The Morgan fingerprint density at radius 3 is 2.54 bits per heavy atom. The summed E-state index contributed by atoms with van der Waals surface area (Å²) in [5, 5.41) is 0. The topological polar surface area (TPSA) is 17.1 Å². The van der Waals surface area contributed by atoms with Crippen LogP contribution in [-0.2, 0) is 4.79 Å². The molecule has 1 saturated carbocycles. The molecular weight excluding hydrogens is 160 g/mol. The van der Waals surface area contributed by atoms with Crippen LogP contribution in [0.15, 0.2) is 11.6 Å². The van der Waals surface area contributed by atoms with Crippen LogP contribution in [0.4, 0.5) is 0 Å². The second-order valence-electron chi connectivity index (χ2n) is 4.54. The number of aldehydes is 1. The summed E-state index contributed by atoms with van der Waals surface area (Å²) in [5.41, 5.74) is 2.02. The highest BCUT2D eigenvalue weighted by Crippen LogP contribution is 2.53. The van der Waals surface area contributed by atoms with E-state index in [1.807, 2.05) is 0 Å². The van der Waals surface area contributed by atoms with Crippen LogP contribution in [0.1, 0.15) is 52.4 Å². The minimum Gasteiger partial charge on any atom is -0.303 e. The summed E-state index contributed by atoms with van der Waals surface area (Å²) in [4.78, 5) is 10.2. The van der Waals surface area contributed by atoms with E-state index in [2.05, 4.69) is 19.9 Å². The van der Waals surface area contributed by atoms with E-state index in [-0.39, 0.29) is 0 Å². The predicted molar refractivity (Wildman–Crippen MR) is 55.6 cm³/mol. The van der Waals surface area contributed by atoms with Crippen LogP contribution < -0.4 is 0 Å². The van der Waals surface area contributed by atoms with Crippen molar-refractivity contribution in [3.8, 4) is 0 Å². The molecule has 0 atom stereocenters. The van der Waals surface area contributed by atoms with Gasteiger partial charge in [0.2, 0.25) is 0 Å². The molecule has 0 spiro atoms. The first-order valence-electron chi connectivity index (χ1n) is 5.26. The van der Waals surface area contributed by atoms with Crippen LogP contribution in [0.2, 0.25) is 0 Å². The summed E-state index contributed by atoms with van der Waals surface area (Å²) in [5.74, 6) is 0. The minimum absolute atomic E-state index is 0.598. The molecule has 0 unspecified atom stereocenters. The van der Waals surface area contributed by atoms with E-state index in [9.17, 15) is 4.79 Å². The number of carbonyl (C=O) groups is 1. The fraction of sp³-hybridized carbons (Fsp3) is 0.750. The van der Waals surface area contributed by atoms with Gasteiger partial charge in [-0.1, -0.05) is 11.6 Å². The number of hydrogen-bond acceptors (Lipinski definition) is 1. The van der Waals surface area contributed by atoms with E-state index in [0.29, 0.717) is 5.41 Å². The van der Waals surface area contributed by atoms with Gasteiger partial charge in [-0.2, -0.15) is 0 Å². The van der Waals surface area contributed by atoms with Gasteiger partial charge in [-0.05, 0) is 51.4 Å². The van der Waals surface area contributed by atoms with Crippen molar-refractivity contribution in [2.24, 2.45) is 5.41 Å². The lowest BCUT2D eigenvalue weighted by atomic mass is 9.94. The van der Waals surface area contributed by atoms with E-state index < -0.39 is 0 Å². The van der Waals surface area contributed by atoms with Gasteiger partial charge in [0, 0.05) is 6.42 Å². The van der Waals surface area contributed by atoms with E-state index in [0.717, 1.165) is 19.1 Å². The number of carbonyl (C=O) groups excluding carboxylic acids is 1. The Kier molecular flexibility index (Phi) is 3.71. The van der Waals surface area contributed by atoms with Crippen molar-refractivity contribution in [3.05, 3.63) is 11.6 Å². The average Bonchev–Trinajstić information content (AvgIpc) is 2.83. The Hall–Kier alpha value is -0.590. The first-order chi connectivity index (χ1) is 6.18. The van der Waals surface area contributed by atoms with Crippen molar-refractivity contribution in [1.82, 2.24) is 0 Å². The Morgan fingerprint density at radius 2 is 2.08 bits per heavy atom. The second-order valence-corrected chi connectivity index (χ2v) is 4.54. The summed E-state index contributed by atoms with van der Waals surface area (Å²) in [6.07, 6.45) is 10.4. The quantitative estimate of drug-likeness (QED) is 0.347. The maximum Gasteiger partial charge on any atom is 0.119 e. The van der Waals surface area contributed by atoms with Gasteiger partial charge in [-0.25, -0.2) is 0 Å². The molecule has 0 aromatic carbocycles. The predicted octanol–water partition coefficient (Wildman–Crippen LogP) is 3.49. The molecule has 74 valence electrons. The number of allylic oxidation sites excluding steroid dienone is 2. The van der Waals surface area contributed by atoms with Gasteiger partial charge in [0.15, 0.2) is 0 Å². The van der Waals surface area contributed by atoms with Gasteiger partial charge >= 0.3 is 0 Å². The standard InChI is InChI=1S/C12H20O/c1-11(2)5-7-12(8-9-12)6-3-4-10-13/h5,10H,3-4,6-9H2,1-2H3. The molecule has 0 N–H and O–H groups in total. The molecule has 13 heavy (non-hydrogen) atoms. The average molecular weight is 180 g/mol. The highest BCUT2D eigenvalue weighted by molar-refractivity contribution is 5.49. The van der Waals surface area contributed by atoms with Crippen LogP contribution in [0.5, 0.6) is 0 Å². The lowest BCUT2D eigenvalue weighted by Gasteiger charge is -2.11. The molecule has 0 amide bonds. The SMILES string of the molecule is CC(C)=CCC1(CCCC=O)CC1. The fourth-order valence-electron chi connectivity index (χ4n) is 1.71. The molecule has 0 radical (unpaired) electrons. The van der Waals surface area contributed by atoms with Crippen molar-refractivity contribution in [2.75, 3.05) is 0 Å². The molecule has 1 rings (SSSR count). The molecule has 1 nitrogen and oxygen atoms in total. The number of unbranched alkanes of at least 4 members (excludes halogenated alkanes) is 1. The minimum atomic E-state index is 0.598. The lowest BCUT2D eigenvalue weighted by Crippen LogP contribution is -1.98. The molecule has 0 aliphatic heterocycles. The van der Waals surface area contributed by atoms with Gasteiger partial charge < -0.3 is 4.79 Å². The second kappa shape index (κ2) is 4.59. The first-order valence-corrected chi connectivity index (χ1v) is 5.26. The smallest absolute Gasteiger partial charge is 0.119 e. The molecule has 1 aliphatic rings. The normalized spacial score (nSPS) is 18.0. The Balaban J connectivity index is 2.22. The third-order valence-electron chi connectivity index (χ3n) is 2.93. The molecule has 1 aliphatic carbocycles. The Labute approximate surface area is 81.2 Å². The summed E-state index contributed by atoms with van der Waals surface area (Å²) >= 11 is 0. The van der Waals surface area contributed by atoms with Crippen molar-refractivity contribution < 1.29 is 4.79 Å². The Bertz CT molecular complexity index is 195. The van der Waals surface area contributed by atoms with Crippen molar-refractivity contribution in [2.45, 2.75) is 52.4 Å². The molecular formula is C12H20O. The van der Waals surface area contributed by atoms with E-state index in [1.165, 1.54) is 31.3 Å². The van der Waals surface area contributed by atoms with E-state index in [1.54, 1.807) is 0 Å². The highest BCUT2D eigenvalue weighted by atomic mass is 16.1. The molecule has 1 heteroatoms. The van der Waals surface area contributed by atoms with Gasteiger partial charge in [0.1, 0.15) is 6.29 Å². The number of rotatable bonds is 6. The molecule has 0 aromatic rings. The summed E-state index contributed by atoms with van der Waals surface area (Å²) in [6, 6.07) is 0. The van der Waals surface area contributed by atoms with Gasteiger partial charge in [0.05, 0.1) is 0 Å². The van der Waals surface area contributed by atoms with Gasteiger partial charge in [-0.15, -0.1) is 0 Å². The molecule has 0 bridgehead atoms.